The summed E-state index contributed by atoms with van der Waals surface area (Å²) in [6, 6.07) is 12.6. The largest absolute Gasteiger partial charge is 0.347 e. The third-order valence-corrected chi connectivity index (χ3v) is 5.76. The number of aromatic nitrogens is 2. The molecule has 2 aromatic carbocycles. The summed E-state index contributed by atoms with van der Waals surface area (Å²) in [7, 11) is 0. The van der Waals surface area contributed by atoms with Crippen LogP contribution in [0.5, 0.6) is 0 Å². The maximum atomic E-state index is 14.0. The van der Waals surface area contributed by atoms with Gasteiger partial charge in [0, 0.05) is 28.6 Å². The predicted molar refractivity (Wildman–Crippen MR) is 116 cm³/mol. The smallest absolute Gasteiger partial charge is 0.246 e. The van der Waals surface area contributed by atoms with Crippen LogP contribution in [-0.2, 0) is 17.9 Å². The second-order valence-electron chi connectivity index (χ2n) is 7.89. The fraction of sp³-hybridized carbons (Fsp3) is 0.348. The predicted octanol–water partition coefficient (Wildman–Crippen LogP) is 4.37. The first-order chi connectivity index (χ1) is 15.0. The quantitative estimate of drug-likeness (QED) is 0.614. The first-order valence-corrected chi connectivity index (χ1v) is 10.7. The summed E-state index contributed by atoms with van der Waals surface area (Å²) >= 11 is 5.81. The Kier molecular flexibility index (Phi) is 6.63. The van der Waals surface area contributed by atoms with E-state index in [2.05, 4.69) is 20.4 Å². The van der Waals surface area contributed by atoms with Crippen LogP contribution in [-0.4, -0.2) is 34.0 Å². The Morgan fingerprint density at radius 1 is 1.26 bits per heavy atom. The van der Waals surface area contributed by atoms with Gasteiger partial charge >= 0.3 is 0 Å². The Morgan fingerprint density at radius 3 is 2.81 bits per heavy atom. The molecule has 0 saturated carbocycles. The van der Waals surface area contributed by atoms with E-state index in [0.717, 1.165) is 37.1 Å². The number of nitrogens with zero attached hydrogens (tertiary/aromatic N) is 3. The van der Waals surface area contributed by atoms with Gasteiger partial charge < -0.3 is 9.84 Å². The van der Waals surface area contributed by atoms with Crippen molar-refractivity contribution in [2.75, 3.05) is 13.1 Å². The highest BCUT2D eigenvalue weighted by Gasteiger charge is 2.25. The van der Waals surface area contributed by atoms with E-state index in [0.29, 0.717) is 28.8 Å². The van der Waals surface area contributed by atoms with Crippen LogP contribution in [0.15, 0.2) is 47.0 Å². The summed E-state index contributed by atoms with van der Waals surface area (Å²) < 4.78 is 19.3. The van der Waals surface area contributed by atoms with E-state index in [1.807, 2.05) is 31.2 Å². The number of piperidine rings is 1. The molecule has 1 aliphatic rings. The van der Waals surface area contributed by atoms with Gasteiger partial charge in [-0.25, -0.2) is 4.39 Å². The SMILES string of the molecule is Cc1cccc(-c2noc(CNC(=O)C3CCN(Cc4ccc(Cl)cc4F)CC3)n2)c1. The van der Waals surface area contributed by atoms with Crippen LogP contribution in [0.25, 0.3) is 11.4 Å². The van der Waals surface area contributed by atoms with Crippen LogP contribution >= 0.6 is 11.6 Å². The van der Waals surface area contributed by atoms with Crippen molar-refractivity contribution in [3.63, 3.8) is 0 Å². The standard InChI is InChI=1S/C23H24ClFN4O2/c1-15-3-2-4-17(11-15)22-27-21(31-28-22)13-26-23(30)16-7-9-29(10-8-16)14-18-5-6-19(24)12-20(18)25/h2-6,11-12,16H,7-10,13-14H2,1H3,(H,26,30). The lowest BCUT2D eigenvalue weighted by molar-refractivity contribution is -0.126. The number of amides is 1. The molecule has 1 saturated heterocycles. The van der Waals surface area contributed by atoms with Crippen molar-refractivity contribution in [3.8, 4) is 11.4 Å². The molecule has 0 atom stereocenters. The zero-order valence-electron chi connectivity index (χ0n) is 17.3. The number of benzene rings is 2. The maximum absolute atomic E-state index is 14.0. The van der Waals surface area contributed by atoms with Crippen LogP contribution in [0.2, 0.25) is 5.02 Å². The summed E-state index contributed by atoms with van der Waals surface area (Å²) in [5, 5.41) is 7.29. The number of carbonyl (C=O) groups excluding carboxylic acids is 1. The minimum Gasteiger partial charge on any atom is -0.347 e. The third kappa shape index (κ3) is 5.48. The Morgan fingerprint density at radius 2 is 2.06 bits per heavy atom. The highest BCUT2D eigenvalue weighted by molar-refractivity contribution is 6.30. The molecule has 162 valence electrons. The second kappa shape index (κ2) is 9.58. The molecule has 3 aromatic rings. The van der Waals surface area contributed by atoms with E-state index in [9.17, 15) is 9.18 Å². The number of rotatable bonds is 6. The Balaban J connectivity index is 1.25. The van der Waals surface area contributed by atoms with Crippen LogP contribution in [0.3, 0.4) is 0 Å². The van der Waals surface area contributed by atoms with Gasteiger partial charge in [-0.3, -0.25) is 9.69 Å². The van der Waals surface area contributed by atoms with E-state index in [-0.39, 0.29) is 24.2 Å². The molecule has 1 fully saturated rings. The van der Waals surface area contributed by atoms with Crippen LogP contribution in [0, 0.1) is 18.7 Å². The van der Waals surface area contributed by atoms with Gasteiger partial charge in [-0.05, 0) is 51.1 Å². The van der Waals surface area contributed by atoms with Crippen molar-refractivity contribution in [1.29, 1.82) is 0 Å². The highest BCUT2D eigenvalue weighted by Crippen LogP contribution is 2.22. The lowest BCUT2D eigenvalue weighted by Gasteiger charge is -2.31. The minimum absolute atomic E-state index is 0.0207. The molecule has 1 amide bonds. The summed E-state index contributed by atoms with van der Waals surface area (Å²) in [6.45, 7) is 4.19. The number of hydrogen-bond acceptors (Lipinski definition) is 5. The molecule has 0 unspecified atom stereocenters. The van der Waals surface area contributed by atoms with Gasteiger partial charge in [-0.1, -0.05) is 46.6 Å². The average molecular weight is 443 g/mol. The van der Waals surface area contributed by atoms with Crippen molar-refractivity contribution in [2.24, 2.45) is 5.92 Å². The first-order valence-electron chi connectivity index (χ1n) is 10.3. The molecule has 0 radical (unpaired) electrons. The van der Waals surface area contributed by atoms with Crippen molar-refractivity contribution in [1.82, 2.24) is 20.4 Å². The molecule has 0 bridgehead atoms. The molecule has 4 rings (SSSR count). The van der Waals surface area contributed by atoms with Gasteiger partial charge in [0.15, 0.2) is 0 Å². The van der Waals surface area contributed by atoms with Crippen LogP contribution in [0.1, 0.15) is 29.9 Å². The van der Waals surface area contributed by atoms with Crippen molar-refractivity contribution >= 4 is 17.5 Å². The first kappa shape index (κ1) is 21.5. The van der Waals surface area contributed by atoms with Gasteiger partial charge in [0.05, 0.1) is 6.54 Å². The van der Waals surface area contributed by atoms with Crippen molar-refractivity contribution in [3.05, 3.63) is 70.3 Å². The van der Waals surface area contributed by atoms with Gasteiger partial charge in [-0.2, -0.15) is 4.98 Å². The number of likely N-dealkylation sites (tertiary alicyclic amines) is 1. The molecule has 0 spiro atoms. The number of nitrogens with one attached hydrogen (secondary N) is 1. The van der Waals surface area contributed by atoms with Crippen molar-refractivity contribution < 1.29 is 13.7 Å². The molecule has 31 heavy (non-hydrogen) atoms. The lowest BCUT2D eigenvalue weighted by Crippen LogP contribution is -2.40. The van der Waals surface area contributed by atoms with Gasteiger partial charge in [0.2, 0.25) is 17.6 Å². The molecule has 1 aromatic heterocycles. The molecular formula is C23H24ClFN4O2. The number of halogens is 2. The summed E-state index contributed by atoms with van der Waals surface area (Å²) in [5.74, 6) is 0.492. The van der Waals surface area contributed by atoms with E-state index in [1.165, 1.54) is 6.07 Å². The number of carbonyl (C=O) groups is 1. The summed E-state index contributed by atoms with van der Waals surface area (Å²) in [5.41, 5.74) is 2.61. The Labute approximate surface area is 185 Å². The van der Waals surface area contributed by atoms with Crippen molar-refractivity contribution in [2.45, 2.75) is 32.9 Å². The van der Waals surface area contributed by atoms with E-state index < -0.39 is 0 Å². The van der Waals surface area contributed by atoms with Gasteiger partial charge in [0.25, 0.3) is 0 Å². The molecule has 1 aliphatic heterocycles. The van der Waals surface area contributed by atoms with Crippen LogP contribution in [0.4, 0.5) is 4.39 Å². The Hall–Kier alpha value is -2.77. The zero-order valence-corrected chi connectivity index (χ0v) is 18.0. The molecule has 8 heteroatoms. The summed E-state index contributed by atoms with van der Waals surface area (Å²) in [4.78, 5) is 19.1. The monoisotopic (exact) mass is 442 g/mol. The normalized spacial score (nSPS) is 15.2. The topological polar surface area (TPSA) is 71.3 Å². The maximum Gasteiger partial charge on any atom is 0.246 e. The fourth-order valence-corrected chi connectivity index (χ4v) is 3.94. The van der Waals surface area contributed by atoms with Crippen LogP contribution < -0.4 is 5.32 Å². The van der Waals surface area contributed by atoms with E-state index in [4.69, 9.17) is 16.1 Å². The number of aryl methyl sites for hydroxylation is 1. The van der Waals surface area contributed by atoms with Gasteiger partial charge in [0.1, 0.15) is 5.82 Å². The molecule has 6 nitrogen and oxygen atoms in total. The molecule has 2 heterocycles. The molecule has 1 N–H and O–H groups in total. The van der Waals surface area contributed by atoms with E-state index in [1.54, 1.807) is 12.1 Å². The lowest BCUT2D eigenvalue weighted by atomic mass is 9.95. The molecule has 0 aliphatic carbocycles. The number of hydrogen-bond donors (Lipinski definition) is 1. The fourth-order valence-electron chi connectivity index (χ4n) is 3.78. The average Bonchev–Trinajstić information content (AvgIpc) is 3.24. The van der Waals surface area contributed by atoms with Gasteiger partial charge in [-0.15, -0.1) is 0 Å². The Bertz CT molecular complexity index is 1060. The minimum atomic E-state index is -0.294. The summed E-state index contributed by atoms with van der Waals surface area (Å²) in [6.07, 6.45) is 1.44. The molecular weight excluding hydrogens is 419 g/mol. The highest BCUT2D eigenvalue weighted by atomic mass is 35.5. The zero-order chi connectivity index (χ0) is 21.8. The second-order valence-corrected chi connectivity index (χ2v) is 8.32. The third-order valence-electron chi connectivity index (χ3n) is 5.53. The van der Waals surface area contributed by atoms with E-state index >= 15 is 0 Å².